The van der Waals surface area contributed by atoms with Crippen molar-refractivity contribution in [3.05, 3.63) is 17.0 Å². The number of hydrogen-bond donors (Lipinski definition) is 0. The smallest absolute Gasteiger partial charge is 0.248 e. The van der Waals surface area contributed by atoms with Crippen molar-refractivity contribution < 1.29 is 14.1 Å². The van der Waals surface area contributed by atoms with Gasteiger partial charge in [-0.25, -0.2) is 0 Å². The number of aryl methyl sites for hydroxylation is 2. The van der Waals surface area contributed by atoms with E-state index in [2.05, 4.69) is 10.1 Å². The molecule has 1 aliphatic rings. The van der Waals surface area contributed by atoms with Crippen molar-refractivity contribution in [2.75, 3.05) is 39.4 Å². The lowest BCUT2D eigenvalue weighted by atomic mass is 10.2. The highest BCUT2D eigenvalue weighted by atomic mass is 35.5. The van der Waals surface area contributed by atoms with Gasteiger partial charge in [-0.15, -0.1) is 12.4 Å². The largest absolute Gasteiger partial charge is 0.372 e. The Bertz CT molecular complexity index is 437. The number of amides is 1. The van der Waals surface area contributed by atoms with E-state index in [-0.39, 0.29) is 24.9 Å². The highest BCUT2D eigenvalue weighted by Gasteiger charge is 2.22. The molecule has 1 aromatic rings. The Morgan fingerprint density at radius 3 is 2.48 bits per heavy atom. The summed E-state index contributed by atoms with van der Waals surface area (Å²) in [4.78, 5) is 16.1. The second kappa shape index (κ2) is 8.36. The SMILES string of the molecule is CCOCC(=O)N1CCN(Cc2c(C)noc2C)CC1.Cl. The third-order valence-electron chi connectivity index (χ3n) is 3.72. The van der Waals surface area contributed by atoms with Gasteiger partial charge in [0, 0.05) is 44.9 Å². The predicted octanol–water partition coefficient (Wildman–Crippen LogP) is 1.39. The van der Waals surface area contributed by atoms with Gasteiger partial charge in [-0.3, -0.25) is 9.69 Å². The van der Waals surface area contributed by atoms with E-state index >= 15 is 0 Å². The number of ether oxygens (including phenoxy) is 1. The molecule has 0 aromatic carbocycles. The van der Waals surface area contributed by atoms with Gasteiger partial charge < -0.3 is 14.2 Å². The molecule has 1 amide bonds. The molecule has 7 heteroatoms. The summed E-state index contributed by atoms with van der Waals surface area (Å²) in [5.74, 6) is 0.973. The summed E-state index contributed by atoms with van der Waals surface area (Å²) in [5.41, 5.74) is 2.12. The van der Waals surface area contributed by atoms with E-state index in [9.17, 15) is 4.79 Å². The first-order valence-corrected chi connectivity index (χ1v) is 7.11. The second-order valence-electron chi connectivity index (χ2n) is 5.10. The van der Waals surface area contributed by atoms with E-state index in [0.717, 1.165) is 44.2 Å². The first kappa shape index (κ1) is 17.9. The van der Waals surface area contributed by atoms with Crippen LogP contribution >= 0.6 is 12.4 Å². The third-order valence-corrected chi connectivity index (χ3v) is 3.72. The maximum Gasteiger partial charge on any atom is 0.248 e. The van der Waals surface area contributed by atoms with Gasteiger partial charge in [0.2, 0.25) is 5.91 Å². The Kier molecular flexibility index (Phi) is 7.14. The van der Waals surface area contributed by atoms with Crippen LogP contribution in [0.5, 0.6) is 0 Å². The van der Waals surface area contributed by atoms with Crippen LogP contribution in [0.15, 0.2) is 4.52 Å². The molecule has 120 valence electrons. The minimum Gasteiger partial charge on any atom is -0.372 e. The number of nitrogens with zero attached hydrogens (tertiary/aromatic N) is 3. The molecule has 21 heavy (non-hydrogen) atoms. The molecule has 0 spiro atoms. The lowest BCUT2D eigenvalue weighted by Gasteiger charge is -2.34. The zero-order chi connectivity index (χ0) is 14.5. The molecular formula is C14H24ClN3O3. The standard InChI is InChI=1S/C14H23N3O3.ClH/c1-4-19-10-14(18)17-7-5-16(6-8-17)9-13-11(2)15-20-12(13)3;/h4-10H2,1-3H3;1H. The van der Waals surface area contributed by atoms with Crippen LogP contribution in [0.4, 0.5) is 0 Å². The zero-order valence-corrected chi connectivity index (χ0v) is 13.7. The Labute approximate surface area is 131 Å². The van der Waals surface area contributed by atoms with Crippen molar-refractivity contribution in [3.8, 4) is 0 Å². The van der Waals surface area contributed by atoms with Gasteiger partial charge >= 0.3 is 0 Å². The summed E-state index contributed by atoms with van der Waals surface area (Å²) in [5, 5.41) is 3.98. The first-order valence-electron chi connectivity index (χ1n) is 7.11. The highest BCUT2D eigenvalue weighted by Crippen LogP contribution is 2.16. The fourth-order valence-electron chi connectivity index (χ4n) is 2.39. The normalized spacial score (nSPS) is 15.9. The van der Waals surface area contributed by atoms with E-state index in [1.165, 1.54) is 5.56 Å². The fourth-order valence-corrected chi connectivity index (χ4v) is 2.39. The number of piperazine rings is 1. The van der Waals surface area contributed by atoms with Crippen LogP contribution in [0.1, 0.15) is 23.9 Å². The number of aromatic nitrogens is 1. The molecule has 1 saturated heterocycles. The summed E-state index contributed by atoms with van der Waals surface area (Å²) >= 11 is 0. The number of rotatable bonds is 5. The van der Waals surface area contributed by atoms with Gasteiger partial charge in [0.05, 0.1) is 5.69 Å². The molecule has 1 fully saturated rings. The van der Waals surface area contributed by atoms with Gasteiger partial charge in [-0.1, -0.05) is 5.16 Å². The molecule has 0 saturated carbocycles. The number of carbonyl (C=O) groups is 1. The lowest BCUT2D eigenvalue weighted by Crippen LogP contribution is -2.49. The summed E-state index contributed by atoms with van der Waals surface area (Å²) in [6, 6.07) is 0. The maximum absolute atomic E-state index is 11.8. The van der Waals surface area contributed by atoms with Gasteiger partial charge in [0.15, 0.2) is 0 Å². The van der Waals surface area contributed by atoms with Crippen LogP contribution in [-0.2, 0) is 16.1 Å². The van der Waals surface area contributed by atoms with Crippen LogP contribution in [-0.4, -0.2) is 60.3 Å². The van der Waals surface area contributed by atoms with Crippen LogP contribution in [0.25, 0.3) is 0 Å². The molecule has 6 nitrogen and oxygen atoms in total. The molecule has 2 rings (SSSR count). The minimum atomic E-state index is 0. The van der Waals surface area contributed by atoms with Crippen LogP contribution in [0, 0.1) is 13.8 Å². The molecule has 0 bridgehead atoms. The topological polar surface area (TPSA) is 58.8 Å². The van der Waals surface area contributed by atoms with E-state index in [1.54, 1.807) is 0 Å². The third kappa shape index (κ3) is 4.69. The maximum atomic E-state index is 11.8. The summed E-state index contributed by atoms with van der Waals surface area (Å²) < 4.78 is 10.3. The van der Waals surface area contributed by atoms with E-state index in [1.807, 2.05) is 25.7 Å². The van der Waals surface area contributed by atoms with Crippen molar-refractivity contribution in [3.63, 3.8) is 0 Å². The van der Waals surface area contributed by atoms with E-state index in [0.29, 0.717) is 6.61 Å². The molecular weight excluding hydrogens is 294 g/mol. The van der Waals surface area contributed by atoms with Crippen molar-refractivity contribution in [2.45, 2.75) is 27.3 Å². The summed E-state index contributed by atoms with van der Waals surface area (Å²) in [7, 11) is 0. The zero-order valence-electron chi connectivity index (χ0n) is 12.9. The summed E-state index contributed by atoms with van der Waals surface area (Å²) in [6.07, 6.45) is 0. The van der Waals surface area contributed by atoms with Gasteiger partial charge in [0.25, 0.3) is 0 Å². The van der Waals surface area contributed by atoms with Crippen LogP contribution < -0.4 is 0 Å². The van der Waals surface area contributed by atoms with E-state index in [4.69, 9.17) is 9.26 Å². The highest BCUT2D eigenvalue weighted by molar-refractivity contribution is 5.85. The Morgan fingerprint density at radius 2 is 1.95 bits per heavy atom. The molecule has 0 aliphatic carbocycles. The average molecular weight is 318 g/mol. The molecule has 1 aromatic heterocycles. The van der Waals surface area contributed by atoms with Crippen molar-refractivity contribution in [1.82, 2.24) is 15.0 Å². The summed E-state index contributed by atoms with van der Waals surface area (Å²) in [6.45, 7) is 10.7. The Morgan fingerprint density at radius 1 is 1.29 bits per heavy atom. The monoisotopic (exact) mass is 317 g/mol. The first-order chi connectivity index (χ1) is 9.61. The quantitative estimate of drug-likeness (QED) is 0.821. The molecule has 1 aliphatic heterocycles. The molecule has 0 unspecified atom stereocenters. The number of hydrogen-bond acceptors (Lipinski definition) is 5. The molecule has 0 radical (unpaired) electrons. The van der Waals surface area contributed by atoms with E-state index < -0.39 is 0 Å². The van der Waals surface area contributed by atoms with Crippen molar-refractivity contribution >= 4 is 18.3 Å². The van der Waals surface area contributed by atoms with Crippen LogP contribution in [0.2, 0.25) is 0 Å². The number of carbonyl (C=O) groups excluding carboxylic acids is 1. The van der Waals surface area contributed by atoms with Gasteiger partial charge in [-0.05, 0) is 20.8 Å². The Balaban J connectivity index is 0.00000220. The van der Waals surface area contributed by atoms with Crippen molar-refractivity contribution in [1.29, 1.82) is 0 Å². The van der Waals surface area contributed by atoms with Gasteiger partial charge in [0.1, 0.15) is 12.4 Å². The lowest BCUT2D eigenvalue weighted by molar-refractivity contribution is -0.137. The average Bonchev–Trinajstić information content (AvgIpc) is 2.77. The molecule has 2 heterocycles. The van der Waals surface area contributed by atoms with Crippen LogP contribution in [0.3, 0.4) is 0 Å². The van der Waals surface area contributed by atoms with Crippen molar-refractivity contribution in [2.24, 2.45) is 0 Å². The Hall–Kier alpha value is -1.11. The molecule has 0 N–H and O–H groups in total. The predicted molar refractivity (Wildman–Crippen MR) is 81.6 cm³/mol. The van der Waals surface area contributed by atoms with Gasteiger partial charge in [-0.2, -0.15) is 0 Å². The minimum absolute atomic E-state index is 0. The second-order valence-corrected chi connectivity index (χ2v) is 5.10. The fraction of sp³-hybridized carbons (Fsp3) is 0.714. The number of halogens is 1. The molecule has 0 atom stereocenters.